The van der Waals surface area contributed by atoms with Gasteiger partial charge in [0.05, 0.1) is 0 Å². The highest BCUT2D eigenvalue weighted by molar-refractivity contribution is 5.40. The molecule has 2 aromatic rings. The summed E-state index contributed by atoms with van der Waals surface area (Å²) in [7, 11) is 0. The molecule has 0 aliphatic carbocycles. The van der Waals surface area contributed by atoms with E-state index in [9.17, 15) is 0 Å². The second-order valence-corrected chi connectivity index (χ2v) is 7.42. The summed E-state index contributed by atoms with van der Waals surface area (Å²) in [5.41, 5.74) is 2.13. The molecule has 0 amide bonds. The highest BCUT2D eigenvalue weighted by Crippen LogP contribution is 2.48. The van der Waals surface area contributed by atoms with Crippen LogP contribution in [0.2, 0.25) is 0 Å². The van der Waals surface area contributed by atoms with Gasteiger partial charge in [-0.25, -0.2) is 0 Å². The summed E-state index contributed by atoms with van der Waals surface area (Å²) in [6.07, 6.45) is 2.28. The molecule has 0 aromatic heterocycles. The molecule has 0 unspecified atom stereocenters. The molecule has 2 heteroatoms. The van der Waals surface area contributed by atoms with Crippen molar-refractivity contribution >= 4 is 0 Å². The predicted octanol–water partition coefficient (Wildman–Crippen LogP) is 5.43. The first-order valence-electron chi connectivity index (χ1n) is 9.68. The van der Waals surface area contributed by atoms with E-state index in [4.69, 9.17) is 4.74 Å². The van der Waals surface area contributed by atoms with Crippen molar-refractivity contribution in [2.75, 3.05) is 6.54 Å². The molecular formula is C23H31NO. The molecule has 1 heterocycles. The molecule has 3 rings (SSSR count). The molecule has 1 fully saturated rings. The van der Waals surface area contributed by atoms with Crippen LogP contribution in [0.25, 0.3) is 0 Å². The van der Waals surface area contributed by atoms with Crippen LogP contribution in [0.5, 0.6) is 0 Å². The monoisotopic (exact) mass is 337 g/mol. The Balaban J connectivity index is 2.21. The van der Waals surface area contributed by atoms with Crippen LogP contribution in [-0.4, -0.2) is 23.7 Å². The maximum Gasteiger partial charge on any atom is 0.136 e. The molecule has 2 nitrogen and oxygen atoms in total. The molecule has 0 saturated carbocycles. The third-order valence-corrected chi connectivity index (χ3v) is 5.38. The Labute approximate surface area is 152 Å². The van der Waals surface area contributed by atoms with Gasteiger partial charge in [-0.1, -0.05) is 88.4 Å². The van der Waals surface area contributed by atoms with Crippen LogP contribution in [0.15, 0.2) is 60.7 Å². The number of rotatable bonds is 6. The number of benzene rings is 2. The Hall–Kier alpha value is -1.64. The molecule has 25 heavy (non-hydrogen) atoms. The average Bonchev–Trinajstić information content (AvgIpc) is 2.97. The topological polar surface area (TPSA) is 12.5 Å². The zero-order valence-electron chi connectivity index (χ0n) is 16.0. The molecule has 134 valence electrons. The van der Waals surface area contributed by atoms with Crippen LogP contribution in [0.1, 0.15) is 51.7 Å². The van der Waals surface area contributed by atoms with Gasteiger partial charge < -0.3 is 4.74 Å². The van der Waals surface area contributed by atoms with Crippen molar-refractivity contribution in [3.8, 4) is 0 Å². The molecule has 1 aliphatic heterocycles. The van der Waals surface area contributed by atoms with Crippen LogP contribution in [0, 0.1) is 5.92 Å². The molecule has 0 bridgehead atoms. The highest BCUT2D eigenvalue weighted by atomic mass is 16.5. The summed E-state index contributed by atoms with van der Waals surface area (Å²) in [5, 5.41) is 0. The first-order valence-corrected chi connectivity index (χ1v) is 9.68. The molecule has 0 spiro atoms. The van der Waals surface area contributed by atoms with Crippen LogP contribution in [0.4, 0.5) is 0 Å². The van der Waals surface area contributed by atoms with Gasteiger partial charge in [-0.2, -0.15) is 0 Å². The summed E-state index contributed by atoms with van der Waals surface area (Å²) in [6, 6.07) is 21.9. The Morgan fingerprint density at radius 3 is 1.84 bits per heavy atom. The van der Waals surface area contributed by atoms with E-state index in [1.165, 1.54) is 11.1 Å². The number of likely N-dealkylation sites (N-methyl/N-ethyl adjacent to an activating group) is 1. The highest BCUT2D eigenvalue weighted by Gasteiger charge is 2.54. The SMILES string of the molecule is CC[C@@H]1OC(c2ccccc2)(c2ccccc2)[C@H](CC(C)C)N1CC. The van der Waals surface area contributed by atoms with Gasteiger partial charge in [-0.15, -0.1) is 0 Å². The minimum atomic E-state index is -0.399. The van der Waals surface area contributed by atoms with Gasteiger partial charge in [0, 0.05) is 6.04 Å². The van der Waals surface area contributed by atoms with Crippen molar-refractivity contribution in [3.05, 3.63) is 71.8 Å². The van der Waals surface area contributed by atoms with Crippen LogP contribution < -0.4 is 0 Å². The summed E-state index contributed by atoms with van der Waals surface area (Å²) in [5.74, 6) is 0.616. The third-order valence-electron chi connectivity index (χ3n) is 5.38. The summed E-state index contributed by atoms with van der Waals surface area (Å²) in [4.78, 5) is 2.57. The maximum atomic E-state index is 6.91. The van der Waals surface area contributed by atoms with E-state index in [2.05, 4.69) is 93.3 Å². The minimum absolute atomic E-state index is 0.161. The summed E-state index contributed by atoms with van der Waals surface area (Å²) >= 11 is 0. The fourth-order valence-corrected chi connectivity index (χ4v) is 4.34. The summed E-state index contributed by atoms with van der Waals surface area (Å²) in [6.45, 7) is 10.1. The van der Waals surface area contributed by atoms with E-state index in [0.717, 1.165) is 19.4 Å². The largest absolute Gasteiger partial charge is 0.346 e. The maximum absolute atomic E-state index is 6.91. The Morgan fingerprint density at radius 2 is 1.44 bits per heavy atom. The number of ether oxygens (including phenoxy) is 1. The van der Waals surface area contributed by atoms with Crippen molar-refractivity contribution in [1.82, 2.24) is 4.90 Å². The average molecular weight is 338 g/mol. The van der Waals surface area contributed by atoms with Gasteiger partial charge in [0.25, 0.3) is 0 Å². The summed E-state index contributed by atoms with van der Waals surface area (Å²) < 4.78 is 6.91. The normalized spacial score (nSPS) is 23.2. The number of hydrogen-bond donors (Lipinski definition) is 0. The van der Waals surface area contributed by atoms with Gasteiger partial charge in [-0.05, 0) is 36.4 Å². The van der Waals surface area contributed by atoms with E-state index in [-0.39, 0.29) is 6.23 Å². The van der Waals surface area contributed by atoms with Gasteiger partial charge in [0.1, 0.15) is 11.8 Å². The van der Waals surface area contributed by atoms with E-state index in [1.54, 1.807) is 0 Å². The van der Waals surface area contributed by atoms with Crippen molar-refractivity contribution < 1.29 is 4.74 Å². The molecule has 2 atom stereocenters. The fourth-order valence-electron chi connectivity index (χ4n) is 4.34. The molecule has 0 N–H and O–H groups in total. The van der Waals surface area contributed by atoms with Crippen molar-refractivity contribution in [3.63, 3.8) is 0 Å². The van der Waals surface area contributed by atoms with Crippen LogP contribution >= 0.6 is 0 Å². The third kappa shape index (κ3) is 3.26. The Bertz CT molecular complexity index is 613. The van der Waals surface area contributed by atoms with Crippen molar-refractivity contribution in [1.29, 1.82) is 0 Å². The quantitative estimate of drug-likeness (QED) is 0.696. The lowest BCUT2D eigenvalue weighted by Crippen LogP contribution is -2.45. The fraction of sp³-hybridized carbons (Fsp3) is 0.478. The first-order chi connectivity index (χ1) is 12.1. The second-order valence-electron chi connectivity index (χ2n) is 7.42. The molecule has 0 radical (unpaired) electrons. The zero-order chi connectivity index (χ0) is 17.9. The smallest absolute Gasteiger partial charge is 0.136 e. The standard InChI is InChI=1S/C23H31NO/c1-5-22-24(6-2)21(17-18(3)4)23(25-22,19-13-9-7-10-14-19)20-15-11-8-12-16-20/h7-16,18,21-22H,5-6,17H2,1-4H3/t21-,22-/m0/s1. The van der Waals surface area contributed by atoms with Gasteiger partial charge >= 0.3 is 0 Å². The molecule has 2 aromatic carbocycles. The van der Waals surface area contributed by atoms with Crippen molar-refractivity contribution in [2.24, 2.45) is 5.92 Å². The van der Waals surface area contributed by atoms with E-state index >= 15 is 0 Å². The number of hydrogen-bond acceptors (Lipinski definition) is 2. The molecular weight excluding hydrogens is 306 g/mol. The van der Waals surface area contributed by atoms with Crippen LogP contribution in [0.3, 0.4) is 0 Å². The minimum Gasteiger partial charge on any atom is -0.346 e. The lowest BCUT2D eigenvalue weighted by molar-refractivity contribution is -0.0424. The predicted molar refractivity (Wildman–Crippen MR) is 104 cm³/mol. The number of nitrogens with zero attached hydrogens (tertiary/aromatic N) is 1. The van der Waals surface area contributed by atoms with E-state index in [1.807, 2.05) is 0 Å². The lowest BCUT2D eigenvalue weighted by atomic mass is 9.77. The Morgan fingerprint density at radius 1 is 0.920 bits per heavy atom. The van der Waals surface area contributed by atoms with Gasteiger partial charge in [0.2, 0.25) is 0 Å². The lowest BCUT2D eigenvalue weighted by Gasteiger charge is -2.38. The van der Waals surface area contributed by atoms with E-state index in [0.29, 0.717) is 12.0 Å². The second kappa shape index (κ2) is 7.72. The molecule has 1 aliphatic rings. The first kappa shape index (κ1) is 18.2. The van der Waals surface area contributed by atoms with Crippen molar-refractivity contribution in [2.45, 2.75) is 58.4 Å². The van der Waals surface area contributed by atoms with Gasteiger partial charge in [-0.3, -0.25) is 4.90 Å². The molecule has 1 saturated heterocycles. The van der Waals surface area contributed by atoms with E-state index < -0.39 is 5.60 Å². The van der Waals surface area contributed by atoms with Crippen LogP contribution in [-0.2, 0) is 10.3 Å². The van der Waals surface area contributed by atoms with Gasteiger partial charge in [0.15, 0.2) is 0 Å². The Kier molecular flexibility index (Phi) is 5.61. The zero-order valence-corrected chi connectivity index (χ0v) is 16.0.